The molecule has 1 aliphatic rings. The van der Waals surface area contributed by atoms with E-state index in [0.717, 1.165) is 11.1 Å². The lowest BCUT2D eigenvalue weighted by Crippen LogP contribution is -2.09. The van der Waals surface area contributed by atoms with Crippen molar-refractivity contribution in [1.29, 1.82) is 0 Å². The van der Waals surface area contributed by atoms with Crippen LogP contribution < -0.4 is 18.9 Å². The van der Waals surface area contributed by atoms with Gasteiger partial charge in [-0.25, -0.2) is 4.79 Å². The van der Waals surface area contributed by atoms with E-state index in [1.165, 1.54) is 6.07 Å². The Morgan fingerprint density at radius 3 is 2.36 bits per heavy atom. The van der Waals surface area contributed by atoms with Crippen molar-refractivity contribution in [3.8, 4) is 34.3 Å². The molecular weight excluding hydrogens is 496 g/mol. The predicted octanol–water partition coefficient (Wildman–Crippen LogP) is 6.95. The van der Waals surface area contributed by atoms with Crippen molar-refractivity contribution in [1.82, 2.24) is 0 Å². The molecule has 0 amide bonds. The van der Waals surface area contributed by atoms with E-state index in [-0.39, 0.29) is 22.9 Å². The zero-order chi connectivity index (χ0) is 26.9. The lowest BCUT2D eigenvalue weighted by atomic mass is 10.1. The fourth-order valence-corrected chi connectivity index (χ4v) is 4.47. The van der Waals surface area contributed by atoms with Gasteiger partial charge in [0, 0.05) is 17.0 Å². The second-order valence-corrected chi connectivity index (χ2v) is 8.80. The molecule has 7 nitrogen and oxygen atoms in total. The minimum atomic E-state index is -0.614. The molecule has 7 heteroatoms. The number of Topliss-reactive ketones (excluding diaryl/α,β-unsaturated/α-hetero) is 1. The molecule has 192 valence electrons. The van der Waals surface area contributed by atoms with Gasteiger partial charge in [0.1, 0.15) is 39.9 Å². The quantitative estimate of drug-likeness (QED) is 0.137. The number of benzene rings is 4. The Labute approximate surface area is 223 Å². The first kappa shape index (κ1) is 24.1. The SMILES string of the molecule is COc1cccc(/C=C2\Oc3cc(OC(=O)c4c(-c5ccccc5)oc5ccc(OC)cc45)ccc3C2=O)c1. The number of carbonyl (C=O) groups excluding carboxylic acids is 2. The summed E-state index contributed by atoms with van der Waals surface area (Å²) in [7, 11) is 3.13. The first-order chi connectivity index (χ1) is 19.0. The van der Waals surface area contributed by atoms with Gasteiger partial charge in [0.2, 0.25) is 5.78 Å². The first-order valence-corrected chi connectivity index (χ1v) is 12.1. The Morgan fingerprint density at radius 2 is 1.56 bits per heavy atom. The number of esters is 1. The van der Waals surface area contributed by atoms with Gasteiger partial charge >= 0.3 is 5.97 Å². The average Bonchev–Trinajstić information content (AvgIpc) is 3.50. The Morgan fingerprint density at radius 1 is 0.795 bits per heavy atom. The highest BCUT2D eigenvalue weighted by atomic mass is 16.5. The zero-order valence-corrected chi connectivity index (χ0v) is 21.1. The summed E-state index contributed by atoms with van der Waals surface area (Å²) in [5, 5.41) is 0.564. The molecule has 4 aromatic carbocycles. The van der Waals surface area contributed by atoms with Gasteiger partial charge in [0.25, 0.3) is 0 Å². The summed E-state index contributed by atoms with van der Waals surface area (Å²) in [6.45, 7) is 0. The van der Waals surface area contributed by atoms with Gasteiger partial charge < -0.3 is 23.4 Å². The smallest absolute Gasteiger partial charge is 0.348 e. The van der Waals surface area contributed by atoms with Crippen molar-refractivity contribution < 1.29 is 33.0 Å². The molecule has 0 fully saturated rings. The van der Waals surface area contributed by atoms with Crippen LogP contribution in [0, 0.1) is 0 Å². The third-order valence-electron chi connectivity index (χ3n) is 6.38. The number of ketones is 1. The standard InChI is InChI=1S/C32H22O7/c1-35-21-10-6-7-19(15-21)16-28-30(33)24-13-11-23(18-27(24)38-28)37-32(34)29-25-17-22(36-2)12-14-26(25)39-31(29)20-8-4-3-5-9-20/h3-18H,1-2H3/b28-16-. The van der Waals surface area contributed by atoms with Gasteiger partial charge in [-0.15, -0.1) is 0 Å². The lowest BCUT2D eigenvalue weighted by Gasteiger charge is -2.07. The second-order valence-electron chi connectivity index (χ2n) is 8.80. The number of carbonyl (C=O) groups is 2. The van der Waals surface area contributed by atoms with E-state index in [2.05, 4.69) is 0 Å². The third kappa shape index (κ3) is 4.51. The average molecular weight is 519 g/mol. The molecule has 39 heavy (non-hydrogen) atoms. The van der Waals surface area contributed by atoms with Crippen LogP contribution in [0.5, 0.6) is 23.0 Å². The number of rotatable bonds is 6. The van der Waals surface area contributed by atoms with Crippen LogP contribution >= 0.6 is 0 Å². The van der Waals surface area contributed by atoms with Crippen LogP contribution in [0.4, 0.5) is 0 Å². The number of methoxy groups -OCH3 is 2. The van der Waals surface area contributed by atoms with Crippen molar-refractivity contribution in [3.05, 3.63) is 113 Å². The number of fused-ring (bicyclic) bond motifs is 2. The summed E-state index contributed by atoms with van der Waals surface area (Å²) >= 11 is 0. The van der Waals surface area contributed by atoms with Crippen LogP contribution in [0.3, 0.4) is 0 Å². The minimum absolute atomic E-state index is 0.168. The van der Waals surface area contributed by atoms with E-state index in [1.54, 1.807) is 56.7 Å². The van der Waals surface area contributed by atoms with E-state index in [4.69, 9.17) is 23.4 Å². The zero-order valence-electron chi connectivity index (χ0n) is 21.1. The van der Waals surface area contributed by atoms with Crippen molar-refractivity contribution >= 4 is 28.8 Å². The van der Waals surface area contributed by atoms with Crippen molar-refractivity contribution in [2.45, 2.75) is 0 Å². The lowest BCUT2D eigenvalue weighted by molar-refractivity contribution is 0.0736. The molecule has 0 saturated heterocycles. The van der Waals surface area contributed by atoms with Crippen molar-refractivity contribution in [3.63, 3.8) is 0 Å². The van der Waals surface area contributed by atoms with Gasteiger partial charge in [0.15, 0.2) is 5.76 Å². The van der Waals surface area contributed by atoms with Crippen LogP contribution in [0.1, 0.15) is 26.3 Å². The molecule has 1 aromatic heterocycles. The van der Waals surface area contributed by atoms with Crippen LogP contribution in [0.2, 0.25) is 0 Å². The number of hydrogen-bond acceptors (Lipinski definition) is 7. The summed E-state index contributed by atoms with van der Waals surface area (Å²) in [6.07, 6.45) is 1.65. The molecule has 0 saturated carbocycles. The molecule has 5 aromatic rings. The monoisotopic (exact) mass is 518 g/mol. The van der Waals surface area contributed by atoms with E-state index in [0.29, 0.717) is 39.5 Å². The van der Waals surface area contributed by atoms with Crippen LogP contribution in [0.25, 0.3) is 28.4 Å². The fourth-order valence-electron chi connectivity index (χ4n) is 4.47. The van der Waals surface area contributed by atoms with Gasteiger partial charge in [0.05, 0.1) is 19.8 Å². The van der Waals surface area contributed by atoms with E-state index >= 15 is 0 Å². The predicted molar refractivity (Wildman–Crippen MR) is 146 cm³/mol. The molecule has 0 spiro atoms. The Kier molecular flexibility index (Phi) is 6.09. The van der Waals surface area contributed by atoms with E-state index < -0.39 is 5.97 Å². The highest BCUT2D eigenvalue weighted by Crippen LogP contribution is 2.38. The number of allylic oxidation sites excluding steroid dienone is 1. The molecule has 2 heterocycles. The maximum atomic E-state index is 13.6. The minimum Gasteiger partial charge on any atom is -0.497 e. The Bertz CT molecular complexity index is 1760. The summed E-state index contributed by atoms with van der Waals surface area (Å²) in [4.78, 5) is 26.5. The van der Waals surface area contributed by atoms with Gasteiger partial charge in [-0.2, -0.15) is 0 Å². The maximum Gasteiger partial charge on any atom is 0.348 e. The second kappa shape index (κ2) is 9.87. The topological polar surface area (TPSA) is 84.2 Å². The summed E-state index contributed by atoms with van der Waals surface area (Å²) in [6, 6.07) is 26.6. The highest BCUT2D eigenvalue weighted by Gasteiger charge is 2.29. The number of hydrogen-bond donors (Lipinski definition) is 0. The molecule has 1 aliphatic heterocycles. The first-order valence-electron chi connectivity index (χ1n) is 12.1. The third-order valence-corrected chi connectivity index (χ3v) is 6.38. The molecule has 0 atom stereocenters. The number of furan rings is 1. The molecule has 0 aliphatic carbocycles. The number of ether oxygens (including phenoxy) is 4. The van der Waals surface area contributed by atoms with Gasteiger partial charge in [-0.05, 0) is 54.1 Å². The molecule has 0 unspecified atom stereocenters. The van der Waals surface area contributed by atoms with E-state index in [1.807, 2.05) is 48.5 Å². The molecular formula is C32H22O7. The summed E-state index contributed by atoms with van der Waals surface area (Å²) in [5.41, 5.74) is 2.66. The summed E-state index contributed by atoms with van der Waals surface area (Å²) in [5.74, 6) is 1.47. The Balaban J connectivity index is 1.32. The normalized spacial score (nSPS) is 13.3. The van der Waals surface area contributed by atoms with Gasteiger partial charge in [-0.3, -0.25) is 4.79 Å². The van der Waals surface area contributed by atoms with Crippen LogP contribution in [-0.4, -0.2) is 26.0 Å². The molecule has 0 bridgehead atoms. The van der Waals surface area contributed by atoms with Crippen LogP contribution in [0.15, 0.2) is 101 Å². The maximum absolute atomic E-state index is 13.6. The van der Waals surface area contributed by atoms with Crippen molar-refractivity contribution in [2.75, 3.05) is 14.2 Å². The van der Waals surface area contributed by atoms with Crippen LogP contribution in [-0.2, 0) is 0 Å². The summed E-state index contributed by atoms with van der Waals surface area (Å²) < 4.78 is 28.3. The molecule has 0 radical (unpaired) electrons. The van der Waals surface area contributed by atoms with E-state index in [9.17, 15) is 9.59 Å². The van der Waals surface area contributed by atoms with Gasteiger partial charge in [-0.1, -0.05) is 42.5 Å². The molecule has 0 N–H and O–H groups in total. The van der Waals surface area contributed by atoms with Crippen molar-refractivity contribution in [2.24, 2.45) is 0 Å². The molecule has 6 rings (SSSR count). The Hall–Kier alpha value is -5.30. The fraction of sp³-hybridized carbons (Fsp3) is 0.0625. The largest absolute Gasteiger partial charge is 0.497 e. The highest BCUT2D eigenvalue weighted by molar-refractivity contribution is 6.15.